The van der Waals surface area contributed by atoms with Gasteiger partial charge in [0.25, 0.3) is 0 Å². The van der Waals surface area contributed by atoms with Crippen LogP contribution in [0, 0.1) is 17.5 Å². The van der Waals surface area contributed by atoms with Crippen LogP contribution in [0.15, 0.2) is 22.7 Å². The topological polar surface area (TPSA) is 52.0 Å². The fraction of sp³-hybridized carbons (Fsp3) is 0.182. The summed E-state index contributed by atoms with van der Waals surface area (Å²) in [5.41, 5.74) is 5.13. The van der Waals surface area contributed by atoms with Gasteiger partial charge in [-0.1, -0.05) is 0 Å². The molecule has 0 radical (unpaired) electrons. The van der Waals surface area contributed by atoms with Gasteiger partial charge in [0.2, 0.25) is 0 Å². The van der Waals surface area contributed by atoms with E-state index < -0.39 is 17.5 Å². The van der Waals surface area contributed by atoms with Crippen LogP contribution in [0.25, 0.3) is 11.3 Å². The van der Waals surface area contributed by atoms with Crippen molar-refractivity contribution in [3.05, 3.63) is 41.7 Å². The van der Waals surface area contributed by atoms with Gasteiger partial charge in [-0.3, -0.25) is 0 Å². The van der Waals surface area contributed by atoms with E-state index >= 15 is 0 Å². The molecule has 0 amide bonds. The fourth-order valence-corrected chi connectivity index (χ4v) is 1.39. The van der Waals surface area contributed by atoms with Gasteiger partial charge in [-0.05, 0) is 12.1 Å². The summed E-state index contributed by atoms with van der Waals surface area (Å²) >= 11 is 0. The molecule has 6 heteroatoms. The third-order valence-electron chi connectivity index (χ3n) is 2.21. The molecule has 0 aliphatic rings. The minimum absolute atomic E-state index is 0.0462. The van der Waals surface area contributed by atoms with Gasteiger partial charge < -0.3 is 10.2 Å². The molecule has 2 aromatic rings. The lowest BCUT2D eigenvalue weighted by molar-refractivity contribution is 0.444. The van der Waals surface area contributed by atoms with Crippen molar-refractivity contribution in [3.63, 3.8) is 0 Å². The van der Waals surface area contributed by atoms with Crippen LogP contribution >= 0.6 is 0 Å². The van der Waals surface area contributed by atoms with E-state index in [-0.39, 0.29) is 11.3 Å². The summed E-state index contributed by atoms with van der Waals surface area (Å²) in [4.78, 5) is 3.85. The average Bonchev–Trinajstić information content (AvgIpc) is 2.75. The second-order valence-corrected chi connectivity index (χ2v) is 3.38. The molecular weight excluding hydrogens is 233 g/mol. The molecule has 0 aliphatic heterocycles. The monoisotopic (exact) mass is 242 g/mol. The SMILES string of the molecule is NCCc1ncc(-c2ccc(F)c(F)c2F)o1. The van der Waals surface area contributed by atoms with Crippen molar-refractivity contribution in [2.24, 2.45) is 5.73 Å². The van der Waals surface area contributed by atoms with Crippen LogP contribution in [-0.4, -0.2) is 11.5 Å². The number of benzene rings is 1. The van der Waals surface area contributed by atoms with E-state index in [2.05, 4.69) is 4.98 Å². The number of aromatic nitrogens is 1. The molecule has 0 saturated heterocycles. The largest absolute Gasteiger partial charge is 0.441 e. The van der Waals surface area contributed by atoms with Crippen molar-refractivity contribution in [2.75, 3.05) is 6.54 Å². The van der Waals surface area contributed by atoms with Crippen molar-refractivity contribution in [3.8, 4) is 11.3 Å². The molecule has 2 rings (SSSR count). The Kier molecular flexibility index (Phi) is 3.14. The van der Waals surface area contributed by atoms with Crippen LogP contribution < -0.4 is 5.73 Å². The Morgan fingerprint density at radius 1 is 1.18 bits per heavy atom. The minimum Gasteiger partial charge on any atom is -0.441 e. The van der Waals surface area contributed by atoms with E-state index in [1.165, 1.54) is 6.20 Å². The van der Waals surface area contributed by atoms with E-state index in [1.54, 1.807) is 0 Å². The van der Waals surface area contributed by atoms with Crippen molar-refractivity contribution in [2.45, 2.75) is 6.42 Å². The van der Waals surface area contributed by atoms with Gasteiger partial charge in [-0.25, -0.2) is 18.2 Å². The second-order valence-electron chi connectivity index (χ2n) is 3.38. The number of halogens is 3. The molecule has 3 nitrogen and oxygen atoms in total. The Balaban J connectivity index is 2.42. The highest BCUT2D eigenvalue weighted by atomic mass is 19.2. The van der Waals surface area contributed by atoms with Gasteiger partial charge >= 0.3 is 0 Å². The third kappa shape index (κ3) is 2.16. The molecule has 0 saturated carbocycles. The maximum Gasteiger partial charge on any atom is 0.196 e. The molecule has 0 atom stereocenters. The number of nitrogens with zero attached hydrogens (tertiary/aromatic N) is 1. The highest BCUT2D eigenvalue weighted by molar-refractivity contribution is 5.57. The third-order valence-corrected chi connectivity index (χ3v) is 2.21. The van der Waals surface area contributed by atoms with Crippen LogP contribution in [0.1, 0.15) is 5.89 Å². The van der Waals surface area contributed by atoms with Gasteiger partial charge in [0.15, 0.2) is 29.1 Å². The summed E-state index contributed by atoms with van der Waals surface area (Å²) in [6.45, 7) is 0.334. The first kappa shape index (κ1) is 11.7. The molecule has 0 unspecified atom stereocenters. The molecule has 0 aliphatic carbocycles. The van der Waals surface area contributed by atoms with Gasteiger partial charge in [-0.2, -0.15) is 0 Å². The summed E-state index contributed by atoms with van der Waals surface area (Å²) in [5, 5.41) is 0. The lowest BCUT2D eigenvalue weighted by Gasteiger charge is -2.00. The Morgan fingerprint density at radius 3 is 2.65 bits per heavy atom. The Labute approximate surface area is 95.1 Å². The number of hydrogen-bond donors (Lipinski definition) is 1. The smallest absolute Gasteiger partial charge is 0.196 e. The Bertz CT molecular complexity index is 540. The predicted octanol–water partition coefficient (Wildman–Crippen LogP) is 2.26. The van der Waals surface area contributed by atoms with Crippen LogP contribution in [0.3, 0.4) is 0 Å². The van der Waals surface area contributed by atoms with Crippen LogP contribution in [-0.2, 0) is 6.42 Å². The molecule has 1 aromatic heterocycles. The zero-order valence-corrected chi connectivity index (χ0v) is 8.71. The van der Waals surface area contributed by atoms with Gasteiger partial charge in [-0.15, -0.1) is 0 Å². The first-order valence-corrected chi connectivity index (χ1v) is 4.92. The quantitative estimate of drug-likeness (QED) is 0.840. The van der Waals surface area contributed by atoms with Gasteiger partial charge in [0, 0.05) is 13.0 Å². The normalized spacial score (nSPS) is 10.8. The standard InChI is InChI=1S/C11H9F3N2O/c12-7-2-1-6(10(13)11(7)14)8-5-16-9(17-8)3-4-15/h1-2,5H,3-4,15H2. The lowest BCUT2D eigenvalue weighted by Crippen LogP contribution is -2.02. The molecule has 17 heavy (non-hydrogen) atoms. The fourth-order valence-electron chi connectivity index (χ4n) is 1.39. The highest BCUT2D eigenvalue weighted by Crippen LogP contribution is 2.26. The van der Waals surface area contributed by atoms with Gasteiger partial charge in [0.1, 0.15) is 0 Å². The summed E-state index contributed by atoms with van der Waals surface area (Å²) in [5.74, 6) is -3.69. The molecular formula is C11H9F3N2O. The molecule has 1 aromatic carbocycles. The molecule has 2 N–H and O–H groups in total. The number of oxazole rings is 1. The number of rotatable bonds is 3. The average molecular weight is 242 g/mol. The number of nitrogens with two attached hydrogens (primary N) is 1. The maximum atomic E-state index is 13.4. The highest BCUT2D eigenvalue weighted by Gasteiger charge is 2.17. The van der Waals surface area contributed by atoms with Crippen molar-refractivity contribution >= 4 is 0 Å². The summed E-state index contributed by atoms with van der Waals surface area (Å²) in [7, 11) is 0. The van der Waals surface area contributed by atoms with Crippen LogP contribution in [0.4, 0.5) is 13.2 Å². The van der Waals surface area contributed by atoms with Crippen molar-refractivity contribution in [1.29, 1.82) is 0 Å². The van der Waals surface area contributed by atoms with E-state index in [0.717, 1.165) is 12.1 Å². The van der Waals surface area contributed by atoms with Crippen LogP contribution in [0.2, 0.25) is 0 Å². The zero-order chi connectivity index (χ0) is 12.4. The molecule has 90 valence electrons. The van der Waals surface area contributed by atoms with Crippen molar-refractivity contribution < 1.29 is 17.6 Å². The Hall–Kier alpha value is -1.82. The lowest BCUT2D eigenvalue weighted by atomic mass is 10.1. The van der Waals surface area contributed by atoms with E-state index in [0.29, 0.717) is 18.9 Å². The number of hydrogen-bond acceptors (Lipinski definition) is 3. The molecule has 0 fully saturated rings. The maximum absolute atomic E-state index is 13.4. The van der Waals surface area contributed by atoms with E-state index in [1.807, 2.05) is 0 Å². The van der Waals surface area contributed by atoms with E-state index in [9.17, 15) is 13.2 Å². The van der Waals surface area contributed by atoms with Crippen molar-refractivity contribution in [1.82, 2.24) is 4.98 Å². The first-order chi connectivity index (χ1) is 8.13. The zero-order valence-electron chi connectivity index (χ0n) is 8.71. The predicted molar refractivity (Wildman–Crippen MR) is 54.6 cm³/mol. The molecule has 0 spiro atoms. The molecule has 0 bridgehead atoms. The summed E-state index contributed by atoms with van der Waals surface area (Å²) in [6, 6.07) is 1.93. The van der Waals surface area contributed by atoms with E-state index in [4.69, 9.17) is 10.2 Å². The minimum atomic E-state index is -1.53. The second kappa shape index (κ2) is 4.58. The summed E-state index contributed by atoms with van der Waals surface area (Å²) in [6.07, 6.45) is 1.64. The van der Waals surface area contributed by atoms with Crippen LogP contribution in [0.5, 0.6) is 0 Å². The first-order valence-electron chi connectivity index (χ1n) is 4.92. The van der Waals surface area contributed by atoms with Gasteiger partial charge in [0.05, 0.1) is 11.8 Å². The Morgan fingerprint density at radius 2 is 1.94 bits per heavy atom. The summed E-state index contributed by atoms with van der Waals surface area (Å²) < 4.78 is 44.3. The molecule has 1 heterocycles.